The molecule has 0 aliphatic rings. The zero-order valence-electron chi connectivity index (χ0n) is 49.6. The van der Waals surface area contributed by atoms with Crippen LogP contribution in [0.3, 0.4) is 0 Å². The lowest BCUT2D eigenvalue weighted by molar-refractivity contribution is -0.167. The van der Waals surface area contributed by atoms with E-state index in [1.807, 2.05) is 0 Å². The number of carbonyl (C=O) groups excluding carboxylic acids is 3. The van der Waals surface area contributed by atoms with Gasteiger partial charge in [-0.15, -0.1) is 0 Å². The molecule has 0 aromatic heterocycles. The van der Waals surface area contributed by atoms with Gasteiger partial charge in [-0.05, 0) is 116 Å². The molecule has 0 aromatic carbocycles. The van der Waals surface area contributed by atoms with Crippen LogP contribution in [-0.2, 0) is 28.6 Å². The van der Waals surface area contributed by atoms with Gasteiger partial charge in [0, 0.05) is 19.3 Å². The molecule has 0 aliphatic carbocycles. The summed E-state index contributed by atoms with van der Waals surface area (Å²) in [6.45, 7) is 6.53. The van der Waals surface area contributed by atoms with Gasteiger partial charge < -0.3 is 14.2 Å². The Kier molecular flexibility index (Phi) is 60.3. The Hall–Kier alpha value is -3.41. The van der Waals surface area contributed by atoms with E-state index in [-0.39, 0.29) is 31.1 Å². The molecule has 0 aliphatic heterocycles. The van der Waals surface area contributed by atoms with Crippen LogP contribution in [0.1, 0.15) is 316 Å². The fourth-order valence-corrected chi connectivity index (χ4v) is 9.05. The number of allylic oxidation sites excluding steroid dienone is 14. The Bertz CT molecular complexity index is 1430. The molecule has 75 heavy (non-hydrogen) atoms. The summed E-state index contributed by atoms with van der Waals surface area (Å²) in [5.41, 5.74) is 0. The predicted octanol–water partition coefficient (Wildman–Crippen LogP) is 21.9. The van der Waals surface area contributed by atoms with Crippen LogP contribution in [0.4, 0.5) is 0 Å². The maximum Gasteiger partial charge on any atom is 0.306 e. The smallest absolute Gasteiger partial charge is 0.306 e. The maximum absolute atomic E-state index is 12.9. The molecule has 0 radical (unpaired) electrons. The third kappa shape index (κ3) is 61.3. The first-order chi connectivity index (χ1) is 37.0. The van der Waals surface area contributed by atoms with Crippen LogP contribution in [0.25, 0.3) is 0 Å². The quantitative estimate of drug-likeness (QED) is 0.0261. The molecule has 0 fully saturated rings. The van der Waals surface area contributed by atoms with Gasteiger partial charge in [0.05, 0.1) is 0 Å². The van der Waals surface area contributed by atoms with Crippen molar-refractivity contribution in [3.63, 3.8) is 0 Å². The van der Waals surface area contributed by atoms with Crippen LogP contribution >= 0.6 is 0 Å². The van der Waals surface area contributed by atoms with E-state index >= 15 is 0 Å². The molecule has 6 nitrogen and oxygen atoms in total. The number of esters is 3. The van der Waals surface area contributed by atoms with Crippen molar-refractivity contribution in [2.75, 3.05) is 13.2 Å². The topological polar surface area (TPSA) is 78.9 Å². The second-order valence-electron chi connectivity index (χ2n) is 21.3. The maximum atomic E-state index is 12.9. The molecular formula is C69H120O6. The number of ether oxygens (including phenoxy) is 3. The Balaban J connectivity index is 4.40. The lowest BCUT2D eigenvalue weighted by Crippen LogP contribution is -2.30. The summed E-state index contributed by atoms with van der Waals surface area (Å²) in [6.07, 6.45) is 82.9. The molecule has 1 unspecified atom stereocenters. The first-order valence-electron chi connectivity index (χ1n) is 32.1. The van der Waals surface area contributed by atoms with Crippen LogP contribution in [-0.4, -0.2) is 37.2 Å². The van der Waals surface area contributed by atoms with Crippen molar-refractivity contribution < 1.29 is 28.6 Å². The molecule has 0 bridgehead atoms. The van der Waals surface area contributed by atoms with Crippen molar-refractivity contribution in [3.8, 4) is 0 Å². The van der Waals surface area contributed by atoms with E-state index in [1.165, 1.54) is 173 Å². The lowest BCUT2D eigenvalue weighted by Gasteiger charge is -2.18. The van der Waals surface area contributed by atoms with E-state index < -0.39 is 6.10 Å². The predicted molar refractivity (Wildman–Crippen MR) is 325 cm³/mol. The molecule has 6 heteroatoms. The third-order valence-corrected chi connectivity index (χ3v) is 13.9. The van der Waals surface area contributed by atoms with E-state index in [1.54, 1.807) is 0 Å². The monoisotopic (exact) mass is 1040 g/mol. The van der Waals surface area contributed by atoms with E-state index in [0.717, 1.165) is 103 Å². The van der Waals surface area contributed by atoms with Crippen molar-refractivity contribution in [2.45, 2.75) is 322 Å². The van der Waals surface area contributed by atoms with Gasteiger partial charge in [-0.25, -0.2) is 0 Å². The molecule has 432 valence electrons. The average Bonchev–Trinajstić information content (AvgIpc) is 3.41. The Morgan fingerprint density at radius 3 is 0.840 bits per heavy atom. The van der Waals surface area contributed by atoms with E-state index in [0.29, 0.717) is 19.3 Å². The minimum Gasteiger partial charge on any atom is -0.462 e. The van der Waals surface area contributed by atoms with Crippen molar-refractivity contribution in [1.82, 2.24) is 0 Å². The normalized spacial score (nSPS) is 12.6. The van der Waals surface area contributed by atoms with Crippen molar-refractivity contribution in [1.29, 1.82) is 0 Å². The fourth-order valence-electron chi connectivity index (χ4n) is 9.05. The van der Waals surface area contributed by atoms with Gasteiger partial charge in [0.15, 0.2) is 6.10 Å². The number of hydrogen-bond donors (Lipinski definition) is 0. The summed E-state index contributed by atoms with van der Waals surface area (Å²) < 4.78 is 16.9. The Morgan fingerprint density at radius 1 is 0.280 bits per heavy atom. The SMILES string of the molecule is CC/C=C\C/C=C\C/C=C\C/C=C\CCCCCCCCCCC(=O)OCC(COC(=O)CCCCCCCCC/C=C\CCCCCCCCC)OC(=O)CCCCCCCCC/C=C\C/C=C\CCCCCC. The van der Waals surface area contributed by atoms with Crippen LogP contribution < -0.4 is 0 Å². The summed E-state index contributed by atoms with van der Waals surface area (Å²) in [6, 6.07) is 0. The van der Waals surface area contributed by atoms with Gasteiger partial charge in [0.1, 0.15) is 13.2 Å². The minimum absolute atomic E-state index is 0.0835. The third-order valence-electron chi connectivity index (χ3n) is 13.9. The van der Waals surface area contributed by atoms with Gasteiger partial charge in [-0.3, -0.25) is 14.4 Å². The summed E-state index contributed by atoms with van der Waals surface area (Å²) in [4.78, 5) is 38.4. The molecular weight excluding hydrogens is 925 g/mol. The van der Waals surface area contributed by atoms with Crippen LogP contribution in [0.5, 0.6) is 0 Å². The number of rotatable bonds is 58. The van der Waals surface area contributed by atoms with Crippen LogP contribution in [0, 0.1) is 0 Å². The molecule has 1 atom stereocenters. The van der Waals surface area contributed by atoms with Crippen LogP contribution in [0.15, 0.2) is 85.1 Å². The Labute approximate surface area is 465 Å². The van der Waals surface area contributed by atoms with Gasteiger partial charge >= 0.3 is 17.9 Å². The lowest BCUT2D eigenvalue weighted by atomic mass is 10.1. The molecule has 0 saturated carbocycles. The molecule has 0 heterocycles. The highest BCUT2D eigenvalue weighted by Gasteiger charge is 2.19. The van der Waals surface area contributed by atoms with E-state index in [9.17, 15) is 14.4 Å². The average molecular weight is 1050 g/mol. The second kappa shape index (κ2) is 63.1. The molecule has 0 N–H and O–H groups in total. The van der Waals surface area contributed by atoms with E-state index in [2.05, 4.69) is 106 Å². The molecule has 0 rings (SSSR count). The first kappa shape index (κ1) is 71.6. The Morgan fingerprint density at radius 2 is 0.520 bits per heavy atom. The van der Waals surface area contributed by atoms with Gasteiger partial charge in [-0.1, -0.05) is 266 Å². The second-order valence-corrected chi connectivity index (χ2v) is 21.3. The highest BCUT2D eigenvalue weighted by atomic mass is 16.6. The molecule has 0 aromatic rings. The number of hydrogen-bond acceptors (Lipinski definition) is 6. The highest BCUT2D eigenvalue weighted by molar-refractivity contribution is 5.71. The van der Waals surface area contributed by atoms with Crippen molar-refractivity contribution >= 4 is 17.9 Å². The summed E-state index contributed by atoms with van der Waals surface area (Å²) in [7, 11) is 0. The largest absolute Gasteiger partial charge is 0.462 e. The standard InChI is InChI=1S/C69H120O6/c1-4-7-10-13-16-19-22-25-28-31-34-35-36-39-41-44-47-50-53-56-59-62-68(71)74-65-66(75-69(72)63-60-57-54-51-48-45-42-38-33-30-27-24-21-18-15-12-9-6-3)64-73-67(70)61-58-55-52-49-46-43-40-37-32-29-26-23-20-17-14-11-8-5-2/h7,10,16,19,21,24-25,28-30,32-35,66H,4-6,8-9,11-15,17-18,20,22-23,26-27,31,36-65H2,1-3H3/b10-7-,19-16-,24-21-,28-25-,32-29-,33-30-,35-34-. The molecule has 0 amide bonds. The fraction of sp³-hybridized carbons (Fsp3) is 0.754. The van der Waals surface area contributed by atoms with Gasteiger partial charge in [0.25, 0.3) is 0 Å². The van der Waals surface area contributed by atoms with Crippen LogP contribution in [0.2, 0.25) is 0 Å². The zero-order chi connectivity index (χ0) is 54.3. The van der Waals surface area contributed by atoms with Crippen molar-refractivity contribution in [2.24, 2.45) is 0 Å². The molecule has 0 spiro atoms. The van der Waals surface area contributed by atoms with Crippen molar-refractivity contribution in [3.05, 3.63) is 85.1 Å². The summed E-state index contributed by atoms with van der Waals surface area (Å²) in [5.74, 6) is -0.891. The number of unbranched alkanes of at least 4 members (excludes halogenated alkanes) is 33. The summed E-state index contributed by atoms with van der Waals surface area (Å²) in [5, 5.41) is 0. The van der Waals surface area contributed by atoms with Gasteiger partial charge in [-0.2, -0.15) is 0 Å². The number of carbonyl (C=O) groups is 3. The minimum atomic E-state index is -0.788. The summed E-state index contributed by atoms with van der Waals surface area (Å²) >= 11 is 0. The zero-order valence-corrected chi connectivity index (χ0v) is 49.6. The molecule has 0 saturated heterocycles. The van der Waals surface area contributed by atoms with Gasteiger partial charge in [0.2, 0.25) is 0 Å². The first-order valence-corrected chi connectivity index (χ1v) is 32.1. The highest BCUT2D eigenvalue weighted by Crippen LogP contribution is 2.16. The van der Waals surface area contributed by atoms with E-state index in [4.69, 9.17) is 14.2 Å².